The van der Waals surface area contributed by atoms with E-state index in [1.807, 2.05) is 0 Å². The second-order valence-corrected chi connectivity index (χ2v) is 6.43. The summed E-state index contributed by atoms with van der Waals surface area (Å²) in [5.74, 6) is 0. The van der Waals surface area contributed by atoms with Gasteiger partial charge in [-0.15, -0.1) is 0 Å². The Kier molecular flexibility index (Phi) is 5.22. The molecule has 1 fully saturated rings. The van der Waals surface area contributed by atoms with E-state index in [2.05, 4.69) is 50.0 Å². The van der Waals surface area contributed by atoms with Gasteiger partial charge in [0.2, 0.25) is 0 Å². The summed E-state index contributed by atoms with van der Waals surface area (Å²) in [4.78, 5) is 4.95. The van der Waals surface area contributed by atoms with E-state index in [9.17, 15) is 0 Å². The monoisotopic (exact) mass is 227 g/mol. The quantitative estimate of drug-likeness (QED) is 0.780. The molecular weight excluding hydrogens is 198 g/mol. The van der Waals surface area contributed by atoms with Gasteiger partial charge in [-0.05, 0) is 32.5 Å². The summed E-state index contributed by atoms with van der Waals surface area (Å²) in [6, 6.07) is 0.719. The van der Waals surface area contributed by atoms with E-state index >= 15 is 0 Å². The zero-order chi connectivity index (χ0) is 12.2. The van der Waals surface area contributed by atoms with Crippen LogP contribution in [0.25, 0.3) is 0 Å². The molecule has 1 unspecified atom stereocenters. The molecule has 1 rings (SSSR count). The van der Waals surface area contributed by atoms with Gasteiger partial charge in [0, 0.05) is 32.2 Å². The van der Waals surface area contributed by atoms with E-state index in [4.69, 9.17) is 0 Å². The topological polar surface area (TPSA) is 18.5 Å². The van der Waals surface area contributed by atoms with Crippen LogP contribution >= 0.6 is 0 Å². The van der Waals surface area contributed by atoms with Crippen molar-refractivity contribution in [2.75, 3.05) is 46.8 Å². The molecular formula is C13H29N3. The Labute approximate surface area is 101 Å². The maximum absolute atomic E-state index is 3.48. The van der Waals surface area contributed by atoms with Crippen molar-refractivity contribution in [2.45, 2.75) is 33.2 Å². The van der Waals surface area contributed by atoms with Crippen molar-refractivity contribution in [1.82, 2.24) is 15.1 Å². The van der Waals surface area contributed by atoms with Gasteiger partial charge >= 0.3 is 0 Å². The highest BCUT2D eigenvalue weighted by Gasteiger charge is 2.19. The first-order chi connectivity index (χ1) is 7.38. The fraction of sp³-hybridized carbons (Fsp3) is 1.00. The minimum atomic E-state index is 0.408. The van der Waals surface area contributed by atoms with E-state index in [0.717, 1.165) is 19.1 Å². The number of likely N-dealkylation sites (N-methyl/N-ethyl adjacent to an activating group) is 1. The van der Waals surface area contributed by atoms with Crippen molar-refractivity contribution < 1.29 is 0 Å². The Balaban J connectivity index is 2.22. The van der Waals surface area contributed by atoms with Gasteiger partial charge in [0.1, 0.15) is 0 Å². The predicted octanol–water partition coefficient (Wildman–Crippen LogP) is 1.26. The minimum Gasteiger partial charge on any atom is -0.314 e. The van der Waals surface area contributed by atoms with E-state index in [1.165, 1.54) is 26.1 Å². The van der Waals surface area contributed by atoms with Crippen molar-refractivity contribution in [3.63, 3.8) is 0 Å². The average Bonchev–Trinajstić information content (AvgIpc) is 2.14. The number of hydrogen-bond acceptors (Lipinski definition) is 3. The lowest BCUT2D eigenvalue weighted by atomic mass is 9.96. The fourth-order valence-electron chi connectivity index (χ4n) is 2.44. The lowest BCUT2D eigenvalue weighted by Gasteiger charge is -2.35. The zero-order valence-corrected chi connectivity index (χ0v) is 11.7. The summed E-state index contributed by atoms with van der Waals surface area (Å²) in [5, 5.41) is 3.48. The van der Waals surface area contributed by atoms with Crippen LogP contribution in [0.2, 0.25) is 0 Å². The van der Waals surface area contributed by atoms with Gasteiger partial charge in [-0.25, -0.2) is 0 Å². The van der Waals surface area contributed by atoms with Gasteiger partial charge in [-0.2, -0.15) is 0 Å². The summed E-state index contributed by atoms with van der Waals surface area (Å²) in [7, 11) is 4.48. The highest BCUT2D eigenvalue weighted by atomic mass is 15.2. The van der Waals surface area contributed by atoms with Gasteiger partial charge in [0.05, 0.1) is 0 Å². The summed E-state index contributed by atoms with van der Waals surface area (Å²) in [5.41, 5.74) is 0.408. The predicted molar refractivity (Wildman–Crippen MR) is 70.9 cm³/mol. The summed E-state index contributed by atoms with van der Waals surface area (Å²) in [6.07, 6.45) is 1.27. The van der Waals surface area contributed by atoms with Crippen LogP contribution in [-0.4, -0.2) is 62.7 Å². The molecule has 0 amide bonds. The third kappa shape index (κ3) is 5.28. The second kappa shape index (κ2) is 5.99. The van der Waals surface area contributed by atoms with Gasteiger partial charge < -0.3 is 15.1 Å². The maximum Gasteiger partial charge on any atom is 0.0230 e. The third-order valence-electron chi connectivity index (χ3n) is 3.23. The molecule has 3 nitrogen and oxygen atoms in total. The number of nitrogens with one attached hydrogen (secondary N) is 1. The van der Waals surface area contributed by atoms with Crippen LogP contribution in [-0.2, 0) is 0 Å². The van der Waals surface area contributed by atoms with E-state index in [-0.39, 0.29) is 0 Å². The molecule has 0 aromatic rings. The standard InChI is InChI=1S/C13H29N3/c1-13(2,3)11-15(4)8-6-12-10-14-7-9-16(12)5/h12,14H,6-11H2,1-5H3. The van der Waals surface area contributed by atoms with E-state index in [1.54, 1.807) is 0 Å². The Morgan fingerprint density at radius 3 is 2.62 bits per heavy atom. The van der Waals surface area contributed by atoms with Crippen molar-refractivity contribution in [3.05, 3.63) is 0 Å². The number of hydrogen-bond donors (Lipinski definition) is 1. The molecule has 1 aliphatic heterocycles. The fourth-order valence-corrected chi connectivity index (χ4v) is 2.44. The molecule has 1 aliphatic rings. The van der Waals surface area contributed by atoms with Crippen molar-refractivity contribution in [3.8, 4) is 0 Å². The summed E-state index contributed by atoms with van der Waals surface area (Å²) >= 11 is 0. The Bertz CT molecular complexity index is 198. The van der Waals surface area contributed by atoms with Crippen LogP contribution in [0.5, 0.6) is 0 Å². The molecule has 1 atom stereocenters. The Morgan fingerprint density at radius 2 is 2.06 bits per heavy atom. The van der Waals surface area contributed by atoms with Gasteiger partial charge in [0.15, 0.2) is 0 Å². The Morgan fingerprint density at radius 1 is 1.38 bits per heavy atom. The number of rotatable bonds is 4. The highest BCUT2D eigenvalue weighted by molar-refractivity contribution is 4.78. The third-order valence-corrected chi connectivity index (χ3v) is 3.23. The van der Waals surface area contributed by atoms with Crippen LogP contribution in [0.15, 0.2) is 0 Å². The molecule has 1 heterocycles. The summed E-state index contributed by atoms with van der Waals surface area (Å²) in [6.45, 7) is 12.8. The molecule has 1 saturated heterocycles. The highest BCUT2D eigenvalue weighted by Crippen LogP contribution is 2.15. The average molecular weight is 227 g/mol. The molecule has 0 aromatic heterocycles. The lowest BCUT2D eigenvalue weighted by molar-refractivity contribution is 0.159. The molecule has 0 radical (unpaired) electrons. The molecule has 0 saturated carbocycles. The molecule has 0 aliphatic carbocycles. The second-order valence-electron chi connectivity index (χ2n) is 6.43. The minimum absolute atomic E-state index is 0.408. The molecule has 3 heteroatoms. The van der Waals surface area contributed by atoms with Crippen LogP contribution in [0, 0.1) is 5.41 Å². The van der Waals surface area contributed by atoms with E-state index in [0.29, 0.717) is 5.41 Å². The van der Waals surface area contributed by atoms with Gasteiger partial charge in [0.25, 0.3) is 0 Å². The van der Waals surface area contributed by atoms with Crippen LogP contribution in [0.3, 0.4) is 0 Å². The Hall–Kier alpha value is -0.120. The van der Waals surface area contributed by atoms with Crippen LogP contribution in [0.1, 0.15) is 27.2 Å². The smallest absolute Gasteiger partial charge is 0.0230 e. The maximum atomic E-state index is 3.48. The molecule has 0 aromatic carbocycles. The number of piperazine rings is 1. The zero-order valence-electron chi connectivity index (χ0n) is 11.7. The first-order valence-electron chi connectivity index (χ1n) is 6.48. The van der Waals surface area contributed by atoms with Crippen molar-refractivity contribution in [1.29, 1.82) is 0 Å². The van der Waals surface area contributed by atoms with Gasteiger partial charge in [-0.3, -0.25) is 0 Å². The molecule has 16 heavy (non-hydrogen) atoms. The van der Waals surface area contributed by atoms with Crippen LogP contribution in [0.4, 0.5) is 0 Å². The van der Waals surface area contributed by atoms with Crippen molar-refractivity contribution in [2.24, 2.45) is 5.41 Å². The lowest BCUT2D eigenvalue weighted by Crippen LogP contribution is -2.50. The summed E-state index contributed by atoms with van der Waals surface area (Å²) < 4.78 is 0. The van der Waals surface area contributed by atoms with E-state index < -0.39 is 0 Å². The molecule has 96 valence electrons. The van der Waals surface area contributed by atoms with Gasteiger partial charge in [-0.1, -0.05) is 20.8 Å². The first-order valence-corrected chi connectivity index (χ1v) is 6.48. The van der Waals surface area contributed by atoms with Crippen molar-refractivity contribution >= 4 is 0 Å². The first kappa shape index (κ1) is 13.9. The molecule has 1 N–H and O–H groups in total. The molecule has 0 spiro atoms. The largest absolute Gasteiger partial charge is 0.314 e. The molecule has 0 bridgehead atoms. The van der Waals surface area contributed by atoms with Crippen LogP contribution < -0.4 is 5.32 Å². The number of nitrogens with zero attached hydrogens (tertiary/aromatic N) is 2. The SMILES string of the molecule is CN(CCC1CNCCN1C)CC(C)(C)C. The normalized spacial score (nSPS) is 24.0.